The Morgan fingerprint density at radius 2 is 2.15 bits per heavy atom. The highest BCUT2D eigenvalue weighted by Gasteiger charge is 2.05. The molecular weight excluding hydrogens is 262 g/mol. The summed E-state index contributed by atoms with van der Waals surface area (Å²) >= 11 is 0. The van der Waals surface area contributed by atoms with Gasteiger partial charge in [0.25, 0.3) is 0 Å². The second-order valence-corrected chi connectivity index (χ2v) is 4.02. The SMILES string of the molecule is COc1ccc(OC)c(/C=C/C(=O)NCC(O)CO)c1. The highest BCUT2D eigenvalue weighted by Crippen LogP contribution is 2.24. The van der Waals surface area contributed by atoms with Crippen LogP contribution < -0.4 is 14.8 Å². The van der Waals surface area contributed by atoms with Gasteiger partial charge in [-0.15, -0.1) is 0 Å². The molecule has 110 valence electrons. The van der Waals surface area contributed by atoms with Crippen molar-refractivity contribution in [2.45, 2.75) is 6.10 Å². The Balaban J connectivity index is 2.71. The van der Waals surface area contributed by atoms with Crippen molar-refractivity contribution in [3.05, 3.63) is 29.8 Å². The van der Waals surface area contributed by atoms with Crippen LogP contribution in [0.2, 0.25) is 0 Å². The molecule has 0 aliphatic carbocycles. The number of rotatable bonds is 7. The molecule has 0 radical (unpaired) electrons. The Kier molecular flexibility index (Phi) is 6.55. The maximum Gasteiger partial charge on any atom is 0.244 e. The van der Waals surface area contributed by atoms with Crippen molar-refractivity contribution in [1.29, 1.82) is 0 Å². The van der Waals surface area contributed by atoms with Crippen LogP contribution in [0.4, 0.5) is 0 Å². The first kappa shape index (κ1) is 16.0. The Morgan fingerprint density at radius 3 is 2.75 bits per heavy atom. The van der Waals surface area contributed by atoms with Gasteiger partial charge in [0, 0.05) is 18.2 Å². The summed E-state index contributed by atoms with van der Waals surface area (Å²) in [6, 6.07) is 5.24. The lowest BCUT2D eigenvalue weighted by Gasteiger charge is -2.08. The maximum absolute atomic E-state index is 11.5. The van der Waals surface area contributed by atoms with Gasteiger partial charge in [-0.3, -0.25) is 4.79 Å². The third-order valence-corrected chi connectivity index (χ3v) is 2.57. The van der Waals surface area contributed by atoms with E-state index in [-0.39, 0.29) is 12.5 Å². The van der Waals surface area contributed by atoms with E-state index in [9.17, 15) is 4.79 Å². The van der Waals surface area contributed by atoms with E-state index in [1.165, 1.54) is 13.2 Å². The predicted octanol–water partition coefficient (Wildman–Crippen LogP) is 0.186. The fourth-order valence-electron chi connectivity index (χ4n) is 1.48. The average molecular weight is 281 g/mol. The van der Waals surface area contributed by atoms with E-state index in [0.717, 1.165) is 0 Å². The molecule has 0 spiro atoms. The summed E-state index contributed by atoms with van der Waals surface area (Å²) in [5.74, 6) is 0.897. The average Bonchev–Trinajstić information content (AvgIpc) is 2.49. The van der Waals surface area contributed by atoms with E-state index in [2.05, 4.69) is 5.32 Å². The van der Waals surface area contributed by atoms with Gasteiger partial charge in [0.05, 0.1) is 26.9 Å². The van der Waals surface area contributed by atoms with Crippen molar-refractivity contribution in [2.75, 3.05) is 27.4 Å². The van der Waals surface area contributed by atoms with Crippen molar-refractivity contribution < 1.29 is 24.5 Å². The molecule has 0 saturated carbocycles. The van der Waals surface area contributed by atoms with Gasteiger partial charge in [-0.1, -0.05) is 0 Å². The van der Waals surface area contributed by atoms with Gasteiger partial charge >= 0.3 is 0 Å². The third kappa shape index (κ3) is 4.91. The summed E-state index contributed by atoms with van der Waals surface area (Å²) in [4.78, 5) is 11.5. The van der Waals surface area contributed by atoms with Gasteiger partial charge in [-0.25, -0.2) is 0 Å². The highest BCUT2D eigenvalue weighted by molar-refractivity contribution is 5.92. The predicted molar refractivity (Wildman–Crippen MR) is 74.7 cm³/mol. The lowest BCUT2D eigenvalue weighted by Crippen LogP contribution is -2.32. The van der Waals surface area contributed by atoms with Crippen LogP contribution in [0.3, 0.4) is 0 Å². The molecule has 0 bridgehead atoms. The molecule has 1 amide bonds. The molecule has 1 rings (SSSR count). The minimum absolute atomic E-state index is 0.00504. The molecule has 0 saturated heterocycles. The fraction of sp³-hybridized carbons (Fsp3) is 0.357. The number of hydrogen-bond acceptors (Lipinski definition) is 5. The largest absolute Gasteiger partial charge is 0.497 e. The van der Waals surface area contributed by atoms with Gasteiger partial charge < -0.3 is 25.0 Å². The van der Waals surface area contributed by atoms with E-state index < -0.39 is 12.7 Å². The second-order valence-electron chi connectivity index (χ2n) is 4.02. The Labute approximate surface area is 117 Å². The smallest absolute Gasteiger partial charge is 0.244 e. The zero-order valence-electron chi connectivity index (χ0n) is 11.5. The van der Waals surface area contributed by atoms with E-state index in [0.29, 0.717) is 17.1 Å². The summed E-state index contributed by atoms with van der Waals surface area (Å²) < 4.78 is 10.3. The van der Waals surface area contributed by atoms with Gasteiger partial charge in [-0.2, -0.15) is 0 Å². The monoisotopic (exact) mass is 281 g/mol. The first-order chi connectivity index (χ1) is 9.60. The number of carbonyl (C=O) groups is 1. The lowest BCUT2D eigenvalue weighted by atomic mass is 10.1. The molecule has 6 nitrogen and oxygen atoms in total. The summed E-state index contributed by atoms with van der Waals surface area (Å²) in [5.41, 5.74) is 0.699. The maximum atomic E-state index is 11.5. The molecule has 1 atom stereocenters. The normalized spacial score (nSPS) is 12.2. The van der Waals surface area contributed by atoms with Crippen LogP contribution in [0.25, 0.3) is 6.08 Å². The molecular formula is C14H19NO5. The molecule has 0 aliphatic rings. The molecule has 1 unspecified atom stereocenters. The van der Waals surface area contributed by atoms with Gasteiger partial charge in [0.15, 0.2) is 0 Å². The molecule has 0 aliphatic heterocycles. The molecule has 6 heteroatoms. The second kappa shape index (κ2) is 8.19. The highest BCUT2D eigenvalue weighted by atomic mass is 16.5. The molecule has 1 aromatic carbocycles. The zero-order chi connectivity index (χ0) is 15.0. The number of aliphatic hydroxyl groups excluding tert-OH is 2. The Morgan fingerprint density at radius 1 is 1.40 bits per heavy atom. The van der Waals surface area contributed by atoms with E-state index >= 15 is 0 Å². The van der Waals surface area contributed by atoms with Gasteiger partial charge in [0.1, 0.15) is 11.5 Å². The first-order valence-corrected chi connectivity index (χ1v) is 6.07. The molecule has 0 fully saturated rings. The van der Waals surface area contributed by atoms with Crippen LogP contribution in [-0.2, 0) is 4.79 Å². The van der Waals surface area contributed by atoms with Crippen molar-refractivity contribution in [3.63, 3.8) is 0 Å². The number of amides is 1. The van der Waals surface area contributed by atoms with Gasteiger partial charge in [0.2, 0.25) is 5.91 Å². The summed E-state index contributed by atoms with van der Waals surface area (Å²) in [6.07, 6.45) is 1.95. The number of benzene rings is 1. The third-order valence-electron chi connectivity index (χ3n) is 2.57. The van der Waals surface area contributed by atoms with Crippen LogP contribution in [-0.4, -0.2) is 49.6 Å². The zero-order valence-corrected chi connectivity index (χ0v) is 11.5. The number of carbonyl (C=O) groups excluding carboxylic acids is 1. The molecule has 0 aromatic heterocycles. The van der Waals surface area contributed by atoms with Crippen molar-refractivity contribution in [2.24, 2.45) is 0 Å². The number of nitrogens with one attached hydrogen (secondary N) is 1. The van der Waals surface area contributed by atoms with Crippen LogP contribution >= 0.6 is 0 Å². The van der Waals surface area contributed by atoms with Crippen LogP contribution in [0.1, 0.15) is 5.56 Å². The fourth-order valence-corrected chi connectivity index (χ4v) is 1.48. The minimum Gasteiger partial charge on any atom is -0.497 e. The number of methoxy groups -OCH3 is 2. The van der Waals surface area contributed by atoms with Crippen molar-refractivity contribution >= 4 is 12.0 Å². The number of aliphatic hydroxyl groups is 2. The Hall–Kier alpha value is -2.05. The van der Waals surface area contributed by atoms with Crippen molar-refractivity contribution in [1.82, 2.24) is 5.32 Å². The summed E-state index contributed by atoms with van der Waals surface area (Å²) in [5, 5.41) is 20.2. The molecule has 20 heavy (non-hydrogen) atoms. The summed E-state index contributed by atoms with van der Waals surface area (Å²) in [7, 11) is 3.09. The van der Waals surface area contributed by atoms with Crippen LogP contribution in [0, 0.1) is 0 Å². The van der Waals surface area contributed by atoms with Crippen molar-refractivity contribution in [3.8, 4) is 11.5 Å². The quantitative estimate of drug-likeness (QED) is 0.621. The van der Waals surface area contributed by atoms with Crippen LogP contribution in [0.5, 0.6) is 11.5 Å². The topological polar surface area (TPSA) is 88.0 Å². The van der Waals surface area contributed by atoms with E-state index in [1.54, 1.807) is 31.4 Å². The first-order valence-electron chi connectivity index (χ1n) is 6.07. The van der Waals surface area contributed by atoms with Crippen LogP contribution in [0.15, 0.2) is 24.3 Å². The molecule has 0 heterocycles. The molecule has 1 aromatic rings. The Bertz CT molecular complexity index is 473. The lowest BCUT2D eigenvalue weighted by molar-refractivity contribution is -0.117. The summed E-state index contributed by atoms with van der Waals surface area (Å²) in [6.45, 7) is -0.400. The standard InChI is InChI=1S/C14H19NO5/c1-19-12-4-5-13(20-2)10(7-12)3-6-14(18)15-8-11(17)9-16/h3-7,11,16-17H,8-9H2,1-2H3,(H,15,18)/b6-3+. The number of hydrogen-bond donors (Lipinski definition) is 3. The van der Waals surface area contributed by atoms with E-state index in [1.807, 2.05) is 0 Å². The van der Waals surface area contributed by atoms with Gasteiger partial charge in [-0.05, 0) is 24.3 Å². The van der Waals surface area contributed by atoms with E-state index in [4.69, 9.17) is 19.7 Å². The minimum atomic E-state index is -0.960. The number of ether oxygens (including phenoxy) is 2. The molecule has 3 N–H and O–H groups in total.